The van der Waals surface area contributed by atoms with E-state index in [1.54, 1.807) is 0 Å². The molecule has 1 unspecified atom stereocenters. The number of hydrogen-bond acceptors (Lipinski definition) is 4. The fraction of sp³-hybridized carbons (Fsp3) is 0.357. The number of alkyl halides is 1. The normalized spacial score (nSPS) is 12.4. The Morgan fingerprint density at radius 2 is 2.11 bits per heavy atom. The van der Waals surface area contributed by atoms with Gasteiger partial charge in [-0.25, -0.2) is 4.98 Å². The van der Waals surface area contributed by atoms with Crippen LogP contribution in [0.1, 0.15) is 11.5 Å². The van der Waals surface area contributed by atoms with Gasteiger partial charge in [-0.05, 0) is 26.0 Å². The summed E-state index contributed by atoms with van der Waals surface area (Å²) in [5.41, 5.74) is 2.62. The molecule has 2 N–H and O–H groups in total. The molecule has 0 amide bonds. The average Bonchev–Trinajstić information content (AvgIpc) is 2.76. The van der Waals surface area contributed by atoms with Gasteiger partial charge in [-0.2, -0.15) is 0 Å². The summed E-state index contributed by atoms with van der Waals surface area (Å²) in [7, 11) is 0. The summed E-state index contributed by atoms with van der Waals surface area (Å²) in [6.07, 6.45) is -0.581. The van der Waals surface area contributed by atoms with Crippen molar-refractivity contribution in [2.24, 2.45) is 0 Å². The smallest absolute Gasteiger partial charge is 0.228 e. The lowest BCUT2D eigenvalue weighted by molar-refractivity contribution is 0.211. The van der Waals surface area contributed by atoms with Crippen LogP contribution in [0.2, 0.25) is 0 Å². The summed E-state index contributed by atoms with van der Waals surface area (Å²) in [4.78, 5) is 4.39. The van der Waals surface area contributed by atoms with Crippen molar-refractivity contribution < 1.29 is 9.52 Å². The van der Waals surface area contributed by atoms with Crippen LogP contribution in [0.4, 0.5) is 5.69 Å². The van der Waals surface area contributed by atoms with E-state index in [4.69, 9.17) is 16.0 Å². The van der Waals surface area contributed by atoms with E-state index < -0.39 is 6.10 Å². The highest BCUT2D eigenvalue weighted by Crippen LogP contribution is 2.28. The van der Waals surface area contributed by atoms with E-state index in [9.17, 15) is 5.11 Å². The molecular weight excluding hydrogens is 264 g/mol. The number of aliphatic hydroxyl groups excluding tert-OH is 1. The number of halogens is 1. The van der Waals surface area contributed by atoms with Gasteiger partial charge in [0.05, 0.1) is 23.2 Å². The van der Waals surface area contributed by atoms with Crippen LogP contribution in [0.5, 0.6) is 0 Å². The molecule has 0 spiro atoms. The van der Waals surface area contributed by atoms with Gasteiger partial charge >= 0.3 is 0 Å². The van der Waals surface area contributed by atoms with E-state index in [-0.39, 0.29) is 5.88 Å². The Balaban J connectivity index is 2.25. The SMILES string of the molecule is Cc1nc(-c2ccccc2NCC(O)CCl)oc1C. The number of aromatic nitrogens is 1. The third-order valence-corrected chi connectivity index (χ3v) is 3.25. The predicted octanol–water partition coefficient (Wildman–Crippen LogP) is 2.97. The highest BCUT2D eigenvalue weighted by molar-refractivity contribution is 6.18. The molecule has 19 heavy (non-hydrogen) atoms. The zero-order chi connectivity index (χ0) is 13.8. The van der Waals surface area contributed by atoms with Crippen LogP contribution in [0.25, 0.3) is 11.5 Å². The maximum absolute atomic E-state index is 9.50. The number of nitrogens with one attached hydrogen (secondary N) is 1. The van der Waals surface area contributed by atoms with Crippen LogP contribution >= 0.6 is 11.6 Å². The standard InChI is InChI=1S/C14H17ClN2O2/c1-9-10(2)19-14(17-9)12-5-3-4-6-13(12)16-8-11(18)7-15/h3-6,11,16,18H,7-8H2,1-2H3. The van der Waals surface area contributed by atoms with Gasteiger partial charge in [0.25, 0.3) is 0 Å². The second-order valence-corrected chi connectivity index (χ2v) is 4.70. The van der Waals surface area contributed by atoms with Crippen molar-refractivity contribution in [2.75, 3.05) is 17.7 Å². The number of aryl methyl sites for hydroxylation is 2. The Morgan fingerprint density at radius 3 is 2.74 bits per heavy atom. The molecular formula is C14H17ClN2O2. The van der Waals surface area contributed by atoms with Crippen LogP contribution in [0, 0.1) is 13.8 Å². The lowest BCUT2D eigenvalue weighted by Gasteiger charge is -2.12. The number of rotatable bonds is 5. The molecule has 1 heterocycles. The van der Waals surface area contributed by atoms with E-state index in [1.165, 1.54) is 0 Å². The van der Waals surface area contributed by atoms with Crippen molar-refractivity contribution in [3.8, 4) is 11.5 Å². The van der Waals surface area contributed by atoms with Gasteiger partial charge in [-0.15, -0.1) is 11.6 Å². The first kappa shape index (κ1) is 13.9. The molecule has 2 aromatic rings. The van der Waals surface area contributed by atoms with Gasteiger partial charge in [0.15, 0.2) is 0 Å². The molecule has 2 rings (SSSR count). The number of aliphatic hydroxyl groups is 1. The van der Waals surface area contributed by atoms with Gasteiger partial charge < -0.3 is 14.8 Å². The van der Waals surface area contributed by atoms with Crippen molar-refractivity contribution in [2.45, 2.75) is 20.0 Å². The first-order valence-electron chi connectivity index (χ1n) is 6.13. The minimum absolute atomic E-state index is 0.201. The van der Waals surface area contributed by atoms with Gasteiger partial charge in [0.2, 0.25) is 5.89 Å². The van der Waals surface area contributed by atoms with Crippen LogP contribution in [0.3, 0.4) is 0 Å². The van der Waals surface area contributed by atoms with Crippen molar-refractivity contribution in [3.63, 3.8) is 0 Å². The van der Waals surface area contributed by atoms with E-state index >= 15 is 0 Å². The lowest BCUT2D eigenvalue weighted by atomic mass is 10.1. The molecule has 0 aliphatic carbocycles. The maximum atomic E-state index is 9.50. The van der Waals surface area contributed by atoms with Crippen LogP contribution in [-0.4, -0.2) is 28.6 Å². The number of nitrogens with zero attached hydrogens (tertiary/aromatic N) is 1. The summed E-state index contributed by atoms with van der Waals surface area (Å²) in [6, 6.07) is 7.69. The largest absolute Gasteiger partial charge is 0.441 e. The molecule has 102 valence electrons. The third-order valence-electron chi connectivity index (χ3n) is 2.89. The summed E-state index contributed by atoms with van der Waals surface area (Å²) < 4.78 is 5.63. The Hall–Kier alpha value is -1.52. The minimum Gasteiger partial charge on any atom is -0.441 e. The van der Waals surface area contributed by atoms with Crippen LogP contribution in [0.15, 0.2) is 28.7 Å². The predicted molar refractivity (Wildman–Crippen MR) is 76.6 cm³/mol. The molecule has 0 aliphatic rings. The van der Waals surface area contributed by atoms with Crippen molar-refractivity contribution >= 4 is 17.3 Å². The molecule has 0 fully saturated rings. The fourth-order valence-electron chi connectivity index (χ4n) is 1.69. The second-order valence-electron chi connectivity index (χ2n) is 4.40. The zero-order valence-corrected chi connectivity index (χ0v) is 11.7. The van der Waals surface area contributed by atoms with Crippen LogP contribution < -0.4 is 5.32 Å². The van der Waals surface area contributed by atoms with Crippen LogP contribution in [-0.2, 0) is 0 Å². The van der Waals surface area contributed by atoms with E-state index in [2.05, 4.69) is 10.3 Å². The van der Waals surface area contributed by atoms with Gasteiger partial charge in [0, 0.05) is 12.2 Å². The number of hydrogen-bond donors (Lipinski definition) is 2. The minimum atomic E-state index is -0.581. The highest BCUT2D eigenvalue weighted by atomic mass is 35.5. The number of anilines is 1. The van der Waals surface area contributed by atoms with E-state index in [0.717, 1.165) is 22.7 Å². The molecule has 1 atom stereocenters. The highest BCUT2D eigenvalue weighted by Gasteiger charge is 2.12. The Bertz CT molecular complexity index is 535. The monoisotopic (exact) mass is 280 g/mol. The van der Waals surface area contributed by atoms with Crippen molar-refractivity contribution in [1.29, 1.82) is 0 Å². The molecule has 0 saturated carbocycles. The molecule has 0 radical (unpaired) electrons. The molecule has 5 heteroatoms. The Kier molecular flexibility index (Phi) is 4.45. The molecule has 0 aliphatic heterocycles. The van der Waals surface area contributed by atoms with Gasteiger partial charge in [0.1, 0.15) is 5.76 Å². The maximum Gasteiger partial charge on any atom is 0.228 e. The lowest BCUT2D eigenvalue weighted by Crippen LogP contribution is -2.21. The Labute approximate surface area is 117 Å². The van der Waals surface area contributed by atoms with Crippen molar-refractivity contribution in [3.05, 3.63) is 35.7 Å². The Morgan fingerprint density at radius 1 is 1.37 bits per heavy atom. The van der Waals surface area contributed by atoms with E-state index in [1.807, 2.05) is 38.1 Å². The molecule has 0 saturated heterocycles. The summed E-state index contributed by atoms with van der Waals surface area (Å²) in [6.45, 7) is 4.19. The molecule has 1 aromatic heterocycles. The second kappa shape index (κ2) is 6.08. The van der Waals surface area contributed by atoms with Gasteiger partial charge in [-0.3, -0.25) is 0 Å². The number of para-hydroxylation sites is 1. The summed E-state index contributed by atoms with van der Waals surface area (Å²) in [5, 5.41) is 12.7. The fourth-order valence-corrected chi connectivity index (χ4v) is 1.80. The number of oxazole rings is 1. The number of benzene rings is 1. The molecule has 4 nitrogen and oxygen atoms in total. The first-order valence-corrected chi connectivity index (χ1v) is 6.66. The third kappa shape index (κ3) is 3.28. The summed E-state index contributed by atoms with van der Waals surface area (Å²) >= 11 is 5.58. The van der Waals surface area contributed by atoms with Gasteiger partial charge in [-0.1, -0.05) is 12.1 Å². The first-order chi connectivity index (χ1) is 9.11. The zero-order valence-electron chi connectivity index (χ0n) is 11.0. The topological polar surface area (TPSA) is 58.3 Å². The summed E-state index contributed by atoms with van der Waals surface area (Å²) in [5.74, 6) is 1.59. The molecule has 1 aromatic carbocycles. The quantitative estimate of drug-likeness (QED) is 0.827. The van der Waals surface area contributed by atoms with Crippen molar-refractivity contribution in [1.82, 2.24) is 4.98 Å². The van der Waals surface area contributed by atoms with E-state index in [0.29, 0.717) is 12.4 Å². The molecule has 0 bridgehead atoms. The average molecular weight is 281 g/mol.